The van der Waals surface area contributed by atoms with E-state index in [0.717, 1.165) is 11.3 Å². The van der Waals surface area contributed by atoms with Gasteiger partial charge in [-0.3, -0.25) is 0 Å². The van der Waals surface area contributed by atoms with Crippen LogP contribution in [0.5, 0.6) is 11.5 Å². The number of halogens is 2. The van der Waals surface area contributed by atoms with Crippen LogP contribution in [0.1, 0.15) is 5.56 Å². The minimum atomic E-state index is -0.401. The van der Waals surface area contributed by atoms with Crippen molar-refractivity contribution in [2.45, 2.75) is 6.54 Å². The van der Waals surface area contributed by atoms with Gasteiger partial charge >= 0.3 is 0 Å². The number of hydrogen-bond acceptors (Lipinski definition) is 3. The number of hydrogen-bond donors (Lipinski definition) is 1. The second kappa shape index (κ2) is 7.26. The Morgan fingerprint density at radius 3 is 2.40 bits per heavy atom. The van der Waals surface area contributed by atoms with Crippen LogP contribution < -0.4 is 15.2 Å². The van der Waals surface area contributed by atoms with Gasteiger partial charge in [0.15, 0.2) is 11.6 Å². The van der Waals surface area contributed by atoms with Crippen LogP contribution in [-0.4, -0.2) is 13.2 Å². The normalized spacial score (nSPS) is 10.3. The monoisotopic (exact) mass is 339 g/mol. The first-order valence-electron chi connectivity index (χ1n) is 6.19. The van der Waals surface area contributed by atoms with Gasteiger partial charge in [0.05, 0.1) is 0 Å². The minimum absolute atomic E-state index is 0.212. The second-order valence-electron chi connectivity index (χ2n) is 4.08. The SMILES string of the molecule is NCc1ccccc1OCCOc1ccc(Br)cc1F. The van der Waals surface area contributed by atoms with Crippen molar-refractivity contribution in [2.75, 3.05) is 13.2 Å². The Labute approximate surface area is 125 Å². The lowest BCUT2D eigenvalue weighted by Crippen LogP contribution is -2.11. The second-order valence-corrected chi connectivity index (χ2v) is 5.00. The Hall–Kier alpha value is -1.59. The van der Waals surface area contributed by atoms with Gasteiger partial charge < -0.3 is 15.2 Å². The molecular weight excluding hydrogens is 325 g/mol. The fourth-order valence-electron chi connectivity index (χ4n) is 1.71. The zero-order valence-electron chi connectivity index (χ0n) is 10.8. The van der Waals surface area contributed by atoms with Gasteiger partial charge in [-0.1, -0.05) is 34.1 Å². The summed E-state index contributed by atoms with van der Waals surface area (Å²) in [5.74, 6) is 0.542. The highest BCUT2D eigenvalue weighted by molar-refractivity contribution is 9.10. The van der Waals surface area contributed by atoms with Gasteiger partial charge in [0, 0.05) is 16.6 Å². The summed E-state index contributed by atoms with van der Waals surface area (Å²) in [6, 6.07) is 12.2. The molecule has 0 unspecified atom stereocenters. The third kappa shape index (κ3) is 3.95. The maximum atomic E-state index is 13.5. The molecule has 0 aliphatic carbocycles. The van der Waals surface area contributed by atoms with Crippen molar-refractivity contribution < 1.29 is 13.9 Å². The lowest BCUT2D eigenvalue weighted by molar-refractivity contribution is 0.210. The topological polar surface area (TPSA) is 44.5 Å². The summed E-state index contributed by atoms with van der Waals surface area (Å²) in [6.45, 7) is 1.00. The molecule has 0 heterocycles. The molecule has 0 aromatic heterocycles. The lowest BCUT2D eigenvalue weighted by atomic mass is 10.2. The summed E-state index contributed by atoms with van der Waals surface area (Å²) in [5, 5.41) is 0. The van der Waals surface area contributed by atoms with E-state index in [4.69, 9.17) is 15.2 Å². The third-order valence-corrected chi connectivity index (χ3v) is 3.18. The molecule has 2 aromatic carbocycles. The van der Waals surface area contributed by atoms with Crippen LogP contribution in [0.3, 0.4) is 0 Å². The molecule has 0 aliphatic rings. The molecule has 0 radical (unpaired) electrons. The molecule has 3 nitrogen and oxygen atoms in total. The molecule has 0 bridgehead atoms. The van der Waals surface area contributed by atoms with E-state index in [0.29, 0.717) is 17.6 Å². The Kier molecular flexibility index (Phi) is 5.38. The van der Waals surface area contributed by atoms with Crippen molar-refractivity contribution in [3.05, 3.63) is 58.3 Å². The van der Waals surface area contributed by atoms with Crippen LogP contribution in [0.2, 0.25) is 0 Å². The van der Waals surface area contributed by atoms with Crippen molar-refractivity contribution in [1.82, 2.24) is 0 Å². The Balaban J connectivity index is 1.84. The van der Waals surface area contributed by atoms with Crippen molar-refractivity contribution in [1.29, 1.82) is 0 Å². The Bertz CT molecular complexity index is 578. The van der Waals surface area contributed by atoms with Gasteiger partial charge in [-0.25, -0.2) is 4.39 Å². The summed E-state index contributed by atoms with van der Waals surface area (Å²) in [5.41, 5.74) is 6.55. The number of nitrogens with two attached hydrogens (primary N) is 1. The van der Waals surface area contributed by atoms with Crippen molar-refractivity contribution in [2.24, 2.45) is 5.73 Å². The summed E-state index contributed by atoms with van der Waals surface area (Å²) in [6.07, 6.45) is 0. The van der Waals surface area contributed by atoms with Crippen molar-refractivity contribution in [3.63, 3.8) is 0 Å². The quantitative estimate of drug-likeness (QED) is 0.819. The maximum absolute atomic E-state index is 13.5. The summed E-state index contributed by atoms with van der Waals surface area (Å²) >= 11 is 3.19. The highest BCUT2D eigenvalue weighted by Gasteiger charge is 2.04. The zero-order valence-corrected chi connectivity index (χ0v) is 12.4. The Morgan fingerprint density at radius 2 is 1.70 bits per heavy atom. The fraction of sp³-hybridized carbons (Fsp3) is 0.200. The summed E-state index contributed by atoms with van der Waals surface area (Å²) in [7, 11) is 0. The molecule has 0 amide bonds. The first kappa shape index (κ1) is 14.8. The van der Waals surface area contributed by atoms with Gasteiger partial charge in [0.2, 0.25) is 0 Å². The standard InChI is InChI=1S/C15H15BrFNO2/c16-12-5-6-15(13(17)9-12)20-8-7-19-14-4-2-1-3-11(14)10-18/h1-6,9H,7-8,10,18H2. The first-order valence-corrected chi connectivity index (χ1v) is 6.98. The molecular formula is C15H15BrFNO2. The molecule has 0 saturated carbocycles. The number of ether oxygens (including phenoxy) is 2. The largest absolute Gasteiger partial charge is 0.490 e. The highest BCUT2D eigenvalue weighted by atomic mass is 79.9. The molecule has 0 fully saturated rings. The Morgan fingerprint density at radius 1 is 1.00 bits per heavy atom. The first-order chi connectivity index (χ1) is 9.70. The molecule has 106 valence electrons. The van der Waals surface area contributed by atoms with Crippen LogP contribution in [0.4, 0.5) is 4.39 Å². The van der Waals surface area contributed by atoms with Gasteiger partial charge in [-0.15, -0.1) is 0 Å². The van der Waals surface area contributed by atoms with Crippen LogP contribution in [-0.2, 0) is 6.54 Å². The third-order valence-electron chi connectivity index (χ3n) is 2.68. The van der Waals surface area contributed by atoms with Gasteiger partial charge in [0.25, 0.3) is 0 Å². The molecule has 0 spiro atoms. The molecule has 0 atom stereocenters. The van der Waals surface area contributed by atoms with Crippen LogP contribution in [0.25, 0.3) is 0 Å². The highest BCUT2D eigenvalue weighted by Crippen LogP contribution is 2.21. The smallest absolute Gasteiger partial charge is 0.166 e. The summed E-state index contributed by atoms with van der Waals surface area (Å²) < 4.78 is 25.1. The average molecular weight is 340 g/mol. The number of rotatable bonds is 6. The van der Waals surface area contributed by atoms with E-state index >= 15 is 0 Å². The molecule has 0 aliphatic heterocycles. The van der Waals surface area contributed by atoms with Crippen molar-refractivity contribution >= 4 is 15.9 Å². The minimum Gasteiger partial charge on any atom is -0.490 e. The molecule has 2 aromatic rings. The fourth-order valence-corrected chi connectivity index (χ4v) is 2.04. The van der Waals surface area contributed by atoms with Crippen LogP contribution in [0, 0.1) is 5.82 Å². The van der Waals surface area contributed by atoms with E-state index in [9.17, 15) is 4.39 Å². The maximum Gasteiger partial charge on any atom is 0.166 e. The van der Waals surface area contributed by atoms with E-state index in [1.54, 1.807) is 12.1 Å². The molecule has 2 rings (SSSR count). The molecule has 2 N–H and O–H groups in total. The number of para-hydroxylation sites is 1. The van der Waals surface area contributed by atoms with E-state index in [2.05, 4.69) is 15.9 Å². The van der Waals surface area contributed by atoms with E-state index in [1.807, 2.05) is 24.3 Å². The summed E-state index contributed by atoms with van der Waals surface area (Å²) in [4.78, 5) is 0. The predicted octanol–water partition coefficient (Wildman–Crippen LogP) is 3.50. The van der Waals surface area contributed by atoms with Gasteiger partial charge in [0.1, 0.15) is 19.0 Å². The zero-order chi connectivity index (χ0) is 14.4. The number of benzene rings is 2. The van der Waals surface area contributed by atoms with E-state index < -0.39 is 5.82 Å². The predicted molar refractivity (Wildman–Crippen MR) is 79.4 cm³/mol. The van der Waals surface area contributed by atoms with E-state index in [1.165, 1.54) is 6.07 Å². The lowest BCUT2D eigenvalue weighted by Gasteiger charge is -2.11. The average Bonchev–Trinajstić information content (AvgIpc) is 2.46. The van der Waals surface area contributed by atoms with Crippen molar-refractivity contribution in [3.8, 4) is 11.5 Å². The molecule has 5 heteroatoms. The molecule has 0 saturated heterocycles. The van der Waals surface area contributed by atoms with Gasteiger partial charge in [-0.2, -0.15) is 0 Å². The van der Waals surface area contributed by atoms with Crippen LogP contribution >= 0.6 is 15.9 Å². The van der Waals surface area contributed by atoms with E-state index in [-0.39, 0.29) is 12.4 Å². The van der Waals surface area contributed by atoms with Gasteiger partial charge in [-0.05, 0) is 24.3 Å². The van der Waals surface area contributed by atoms with Crippen LogP contribution in [0.15, 0.2) is 46.9 Å². The molecule has 20 heavy (non-hydrogen) atoms.